The minimum absolute atomic E-state index is 0.0827. The van der Waals surface area contributed by atoms with Crippen LogP contribution in [-0.4, -0.2) is 25.4 Å². The summed E-state index contributed by atoms with van der Waals surface area (Å²) in [6.45, 7) is -0.0827. The average Bonchev–Trinajstić information content (AvgIpc) is 3.11. The van der Waals surface area contributed by atoms with E-state index < -0.39 is 5.91 Å². The fourth-order valence-corrected chi connectivity index (χ4v) is 2.96. The summed E-state index contributed by atoms with van der Waals surface area (Å²) in [7, 11) is 0. The van der Waals surface area contributed by atoms with Crippen molar-refractivity contribution in [1.82, 2.24) is 14.4 Å². The number of pyridine rings is 2. The van der Waals surface area contributed by atoms with Crippen molar-refractivity contribution in [2.75, 3.05) is 0 Å². The molecule has 6 heteroatoms. The summed E-state index contributed by atoms with van der Waals surface area (Å²) in [5.74, 6) is -0.569. The topological polar surface area (TPSA) is 93.5 Å². The summed E-state index contributed by atoms with van der Waals surface area (Å²) < 4.78 is 1.77. The fourth-order valence-electron chi connectivity index (χ4n) is 2.96. The van der Waals surface area contributed by atoms with Crippen molar-refractivity contribution in [2.45, 2.75) is 6.61 Å². The van der Waals surface area contributed by atoms with Gasteiger partial charge in [-0.3, -0.25) is 9.78 Å². The van der Waals surface area contributed by atoms with Crippen LogP contribution in [0.1, 0.15) is 16.1 Å². The van der Waals surface area contributed by atoms with Crippen LogP contribution in [0.25, 0.3) is 27.9 Å². The lowest BCUT2D eigenvalue weighted by atomic mass is 9.96. The Balaban J connectivity index is 2.00. The van der Waals surface area contributed by atoms with Crippen molar-refractivity contribution in [3.8, 4) is 22.3 Å². The zero-order valence-corrected chi connectivity index (χ0v) is 13.8. The number of rotatable bonds is 4. The van der Waals surface area contributed by atoms with Gasteiger partial charge in [-0.15, -0.1) is 0 Å². The second-order valence-electron chi connectivity index (χ2n) is 5.96. The molecule has 1 amide bonds. The van der Waals surface area contributed by atoms with Gasteiger partial charge < -0.3 is 15.2 Å². The molecule has 6 nitrogen and oxygen atoms in total. The van der Waals surface area contributed by atoms with E-state index in [4.69, 9.17) is 5.73 Å². The molecule has 3 heterocycles. The van der Waals surface area contributed by atoms with Crippen LogP contribution in [0, 0.1) is 0 Å². The third-order valence-electron chi connectivity index (χ3n) is 4.22. The second-order valence-corrected chi connectivity index (χ2v) is 5.96. The van der Waals surface area contributed by atoms with Crippen molar-refractivity contribution in [2.24, 2.45) is 5.73 Å². The Bertz CT molecular complexity index is 1100. The van der Waals surface area contributed by atoms with Gasteiger partial charge in [0.1, 0.15) is 11.3 Å². The molecule has 0 atom stereocenters. The number of primary amides is 1. The molecular weight excluding hydrogens is 328 g/mol. The summed E-state index contributed by atoms with van der Waals surface area (Å²) in [6.07, 6.45) is 6.89. The number of hydrogen-bond donors (Lipinski definition) is 2. The van der Waals surface area contributed by atoms with E-state index >= 15 is 0 Å². The summed E-state index contributed by atoms with van der Waals surface area (Å²) in [4.78, 5) is 20.0. The van der Waals surface area contributed by atoms with Gasteiger partial charge in [0.15, 0.2) is 0 Å². The van der Waals surface area contributed by atoms with Crippen LogP contribution in [0.15, 0.2) is 67.3 Å². The number of hydrogen-bond acceptors (Lipinski definition) is 4. The van der Waals surface area contributed by atoms with Gasteiger partial charge in [0, 0.05) is 35.9 Å². The van der Waals surface area contributed by atoms with Gasteiger partial charge in [-0.2, -0.15) is 0 Å². The number of aliphatic hydroxyl groups is 1. The number of aliphatic hydroxyl groups excluding tert-OH is 1. The van der Waals surface area contributed by atoms with Crippen LogP contribution >= 0.6 is 0 Å². The van der Waals surface area contributed by atoms with Crippen LogP contribution < -0.4 is 5.73 Å². The first kappa shape index (κ1) is 16.0. The van der Waals surface area contributed by atoms with E-state index in [9.17, 15) is 9.90 Å². The third kappa shape index (κ3) is 2.82. The average molecular weight is 344 g/mol. The summed E-state index contributed by atoms with van der Waals surface area (Å²) in [6, 6.07) is 13.7. The minimum Gasteiger partial charge on any atom is -0.392 e. The smallest absolute Gasteiger partial charge is 0.268 e. The van der Waals surface area contributed by atoms with Gasteiger partial charge in [-0.25, -0.2) is 4.98 Å². The predicted octanol–water partition coefficient (Wildman–Crippen LogP) is 2.65. The Morgan fingerprint density at radius 3 is 2.58 bits per heavy atom. The lowest BCUT2D eigenvalue weighted by Gasteiger charge is -2.12. The Kier molecular flexibility index (Phi) is 3.95. The van der Waals surface area contributed by atoms with E-state index in [1.54, 1.807) is 23.0 Å². The molecule has 0 aliphatic carbocycles. The van der Waals surface area contributed by atoms with E-state index in [0.29, 0.717) is 5.65 Å². The molecule has 4 rings (SSSR count). The molecule has 0 fully saturated rings. The van der Waals surface area contributed by atoms with E-state index in [1.165, 1.54) is 0 Å². The third-order valence-corrected chi connectivity index (χ3v) is 4.22. The largest absolute Gasteiger partial charge is 0.392 e. The van der Waals surface area contributed by atoms with E-state index in [1.807, 2.05) is 48.7 Å². The van der Waals surface area contributed by atoms with Crippen LogP contribution in [0.3, 0.4) is 0 Å². The standard InChI is InChI=1S/C20H16N4O2/c21-20(26)18-11-24-10-17(15-6-13(12-25)8-22-9-15)16(7-19(24)23-18)14-4-2-1-3-5-14/h1-11,25H,12H2,(H2,21,26). The lowest BCUT2D eigenvalue weighted by Crippen LogP contribution is -2.10. The molecule has 26 heavy (non-hydrogen) atoms. The first-order chi connectivity index (χ1) is 12.7. The fraction of sp³-hybridized carbons (Fsp3) is 0.0500. The summed E-state index contributed by atoms with van der Waals surface area (Å²) in [5.41, 5.74) is 10.7. The van der Waals surface area contributed by atoms with Crippen LogP contribution in [0.5, 0.6) is 0 Å². The van der Waals surface area contributed by atoms with Crippen LogP contribution in [0.4, 0.5) is 0 Å². The molecule has 0 aliphatic rings. The molecule has 0 saturated carbocycles. The quantitative estimate of drug-likeness (QED) is 0.595. The Hall–Kier alpha value is -3.51. The first-order valence-corrected chi connectivity index (χ1v) is 8.09. The summed E-state index contributed by atoms with van der Waals surface area (Å²) in [5, 5.41) is 9.42. The van der Waals surface area contributed by atoms with E-state index in [-0.39, 0.29) is 12.3 Å². The highest BCUT2D eigenvalue weighted by atomic mass is 16.3. The molecule has 0 unspecified atom stereocenters. The molecule has 3 aromatic heterocycles. The highest BCUT2D eigenvalue weighted by molar-refractivity contribution is 5.92. The van der Waals surface area contributed by atoms with Gasteiger partial charge in [0.25, 0.3) is 5.91 Å². The maximum Gasteiger partial charge on any atom is 0.268 e. The van der Waals surface area contributed by atoms with Gasteiger partial charge in [-0.1, -0.05) is 30.3 Å². The molecule has 4 aromatic rings. The number of aromatic nitrogens is 3. The minimum atomic E-state index is -0.569. The van der Waals surface area contributed by atoms with Gasteiger partial charge >= 0.3 is 0 Å². The maximum atomic E-state index is 11.5. The number of carbonyl (C=O) groups is 1. The normalized spacial score (nSPS) is 11.0. The zero-order chi connectivity index (χ0) is 18.1. The van der Waals surface area contributed by atoms with Crippen LogP contribution in [0.2, 0.25) is 0 Å². The molecule has 0 aliphatic heterocycles. The van der Waals surface area contributed by atoms with Crippen LogP contribution in [-0.2, 0) is 6.61 Å². The molecule has 0 bridgehead atoms. The van der Waals surface area contributed by atoms with E-state index in [0.717, 1.165) is 27.8 Å². The number of imidazole rings is 1. The second kappa shape index (κ2) is 6.42. The molecule has 1 aromatic carbocycles. The lowest BCUT2D eigenvalue weighted by molar-refractivity contribution is 0.0996. The monoisotopic (exact) mass is 344 g/mol. The molecule has 3 N–H and O–H groups in total. The summed E-state index contributed by atoms with van der Waals surface area (Å²) >= 11 is 0. The number of nitrogens with zero attached hydrogens (tertiary/aromatic N) is 3. The molecule has 0 radical (unpaired) electrons. The highest BCUT2D eigenvalue weighted by Crippen LogP contribution is 2.33. The Morgan fingerprint density at radius 1 is 1.04 bits per heavy atom. The zero-order valence-electron chi connectivity index (χ0n) is 13.8. The molecule has 128 valence electrons. The maximum absolute atomic E-state index is 11.5. The Labute approximate surface area is 149 Å². The number of benzene rings is 1. The molecular formula is C20H16N4O2. The number of amides is 1. The van der Waals surface area contributed by atoms with Crippen molar-refractivity contribution in [1.29, 1.82) is 0 Å². The number of fused-ring (bicyclic) bond motifs is 1. The van der Waals surface area contributed by atoms with Crippen molar-refractivity contribution < 1.29 is 9.90 Å². The predicted molar refractivity (Wildman–Crippen MR) is 98.3 cm³/mol. The van der Waals surface area contributed by atoms with Crippen molar-refractivity contribution in [3.63, 3.8) is 0 Å². The van der Waals surface area contributed by atoms with Gasteiger partial charge in [-0.05, 0) is 28.8 Å². The van der Waals surface area contributed by atoms with Crippen molar-refractivity contribution >= 4 is 11.6 Å². The number of carbonyl (C=O) groups excluding carboxylic acids is 1. The SMILES string of the molecule is NC(=O)c1cn2cc(-c3cncc(CO)c3)c(-c3ccccc3)cc2n1. The Morgan fingerprint density at radius 2 is 1.85 bits per heavy atom. The first-order valence-electron chi connectivity index (χ1n) is 8.09. The molecule has 0 spiro atoms. The highest BCUT2D eigenvalue weighted by Gasteiger charge is 2.14. The van der Waals surface area contributed by atoms with Crippen molar-refractivity contribution in [3.05, 3.63) is 78.5 Å². The van der Waals surface area contributed by atoms with E-state index in [2.05, 4.69) is 9.97 Å². The molecule has 0 saturated heterocycles. The van der Waals surface area contributed by atoms with Gasteiger partial charge in [0.05, 0.1) is 6.61 Å². The number of nitrogens with two attached hydrogens (primary N) is 1. The van der Waals surface area contributed by atoms with Gasteiger partial charge in [0.2, 0.25) is 0 Å².